The summed E-state index contributed by atoms with van der Waals surface area (Å²) in [6, 6.07) is 0.526. The molecule has 3 atom stereocenters. The summed E-state index contributed by atoms with van der Waals surface area (Å²) < 4.78 is 14.2. The fourth-order valence-electron chi connectivity index (χ4n) is 4.64. The van der Waals surface area contributed by atoms with Crippen LogP contribution in [0.1, 0.15) is 31.5 Å². The Balaban J connectivity index is 1.23. The van der Waals surface area contributed by atoms with Gasteiger partial charge in [0.25, 0.3) is 0 Å². The second kappa shape index (κ2) is 8.16. The molecular weight excluding hydrogens is 316 g/mol. The first-order valence-corrected chi connectivity index (χ1v) is 9.91. The third-order valence-corrected chi connectivity index (χ3v) is 6.12. The molecule has 0 radical (unpaired) electrons. The Bertz CT molecular complexity index is 543. The second-order valence-corrected chi connectivity index (χ2v) is 7.86. The van der Waals surface area contributed by atoms with E-state index in [1.54, 1.807) is 0 Å². The largest absolute Gasteiger partial charge is 0.380 e. The molecule has 4 rings (SSSR count). The zero-order chi connectivity index (χ0) is 17.1. The van der Waals surface area contributed by atoms with Gasteiger partial charge < -0.3 is 18.9 Å². The lowest BCUT2D eigenvalue weighted by molar-refractivity contribution is -0.0601. The van der Waals surface area contributed by atoms with Crippen LogP contribution in [0.25, 0.3) is 0 Å². The molecule has 3 heterocycles. The minimum absolute atomic E-state index is 0.376. The van der Waals surface area contributed by atoms with E-state index in [9.17, 15) is 0 Å². The number of rotatable bonds is 7. The van der Waals surface area contributed by atoms with Crippen LogP contribution >= 0.6 is 0 Å². The maximum Gasteiger partial charge on any atom is 0.122 e. The van der Waals surface area contributed by atoms with Crippen molar-refractivity contribution >= 4 is 0 Å². The van der Waals surface area contributed by atoms with E-state index in [-0.39, 0.29) is 0 Å². The highest BCUT2D eigenvalue weighted by atomic mass is 16.5. The van der Waals surface area contributed by atoms with E-state index in [1.807, 2.05) is 12.4 Å². The van der Waals surface area contributed by atoms with Crippen molar-refractivity contribution in [1.82, 2.24) is 19.4 Å². The highest BCUT2D eigenvalue weighted by Crippen LogP contribution is 2.35. The molecule has 0 N–H and O–H groups in total. The Morgan fingerprint density at radius 1 is 1.24 bits per heavy atom. The van der Waals surface area contributed by atoms with Crippen LogP contribution in [0, 0.1) is 5.92 Å². The molecule has 1 unspecified atom stereocenters. The van der Waals surface area contributed by atoms with Crippen molar-refractivity contribution < 1.29 is 9.47 Å². The molecule has 6 nitrogen and oxygen atoms in total. The van der Waals surface area contributed by atoms with Crippen molar-refractivity contribution in [2.24, 2.45) is 13.0 Å². The second-order valence-electron chi connectivity index (χ2n) is 7.86. The van der Waals surface area contributed by atoms with Crippen LogP contribution < -0.4 is 0 Å². The van der Waals surface area contributed by atoms with E-state index < -0.39 is 0 Å². The van der Waals surface area contributed by atoms with Crippen molar-refractivity contribution in [3.8, 4) is 0 Å². The highest BCUT2D eigenvalue weighted by molar-refractivity contribution is 4.97. The lowest BCUT2D eigenvalue weighted by atomic mass is 10.1. The standard InChI is InChI=1S/C19H32N4O2/c1-21-7-4-20-19(21)14-23-9-11-25-18-13-16(12-17(18)23)15-24-10-8-22-5-2-3-6-22/h4,7,16-18H,2-3,5-6,8-15H2,1H3/t16?,17-,18-/m1/s1. The Kier molecular flexibility index (Phi) is 5.70. The fraction of sp³-hybridized carbons (Fsp3) is 0.842. The summed E-state index contributed by atoms with van der Waals surface area (Å²) in [5, 5.41) is 0. The van der Waals surface area contributed by atoms with Crippen LogP contribution in [0.3, 0.4) is 0 Å². The van der Waals surface area contributed by atoms with E-state index in [4.69, 9.17) is 9.47 Å². The summed E-state index contributed by atoms with van der Waals surface area (Å²) >= 11 is 0. The molecule has 2 aliphatic heterocycles. The predicted molar refractivity (Wildman–Crippen MR) is 96.4 cm³/mol. The molecule has 3 aliphatic rings. The zero-order valence-corrected chi connectivity index (χ0v) is 15.5. The number of hydrogen-bond acceptors (Lipinski definition) is 5. The molecule has 0 amide bonds. The quantitative estimate of drug-likeness (QED) is 0.699. The topological polar surface area (TPSA) is 42.8 Å². The molecule has 0 aromatic carbocycles. The Hall–Kier alpha value is -0.950. The number of hydrogen-bond donors (Lipinski definition) is 0. The van der Waals surface area contributed by atoms with E-state index >= 15 is 0 Å². The van der Waals surface area contributed by atoms with Crippen molar-refractivity contribution in [2.45, 2.75) is 44.4 Å². The van der Waals surface area contributed by atoms with Crippen molar-refractivity contribution in [3.05, 3.63) is 18.2 Å². The van der Waals surface area contributed by atoms with E-state index in [0.29, 0.717) is 18.1 Å². The van der Waals surface area contributed by atoms with Crippen LogP contribution in [0.5, 0.6) is 0 Å². The van der Waals surface area contributed by atoms with Gasteiger partial charge in [0.05, 0.1) is 25.9 Å². The van der Waals surface area contributed by atoms with Crippen molar-refractivity contribution in [2.75, 3.05) is 46.0 Å². The van der Waals surface area contributed by atoms with Gasteiger partial charge in [0.2, 0.25) is 0 Å². The minimum Gasteiger partial charge on any atom is -0.380 e. The molecule has 1 saturated carbocycles. The molecule has 140 valence electrons. The van der Waals surface area contributed by atoms with Crippen molar-refractivity contribution in [3.63, 3.8) is 0 Å². The number of imidazole rings is 1. The molecular formula is C19H32N4O2. The summed E-state index contributed by atoms with van der Waals surface area (Å²) in [6.45, 7) is 8.16. The van der Waals surface area contributed by atoms with E-state index in [0.717, 1.165) is 51.7 Å². The zero-order valence-electron chi connectivity index (χ0n) is 15.5. The van der Waals surface area contributed by atoms with Gasteiger partial charge in [0.1, 0.15) is 5.82 Å². The molecule has 6 heteroatoms. The van der Waals surface area contributed by atoms with Gasteiger partial charge in [-0.05, 0) is 44.7 Å². The van der Waals surface area contributed by atoms with Gasteiger partial charge in [-0.2, -0.15) is 0 Å². The average Bonchev–Trinajstić information content (AvgIpc) is 3.34. The van der Waals surface area contributed by atoms with Gasteiger partial charge in [0.15, 0.2) is 0 Å². The molecule has 0 bridgehead atoms. The van der Waals surface area contributed by atoms with E-state index in [2.05, 4.69) is 26.4 Å². The minimum atomic E-state index is 0.376. The van der Waals surface area contributed by atoms with Gasteiger partial charge in [-0.15, -0.1) is 0 Å². The molecule has 3 fully saturated rings. The van der Waals surface area contributed by atoms with Gasteiger partial charge in [-0.3, -0.25) is 4.90 Å². The number of nitrogens with zero attached hydrogens (tertiary/aromatic N) is 4. The first-order valence-electron chi connectivity index (χ1n) is 9.91. The Labute approximate surface area is 151 Å². The lowest BCUT2D eigenvalue weighted by Gasteiger charge is -2.37. The van der Waals surface area contributed by atoms with Crippen LogP contribution in [-0.2, 0) is 23.1 Å². The van der Waals surface area contributed by atoms with Crippen LogP contribution in [0.4, 0.5) is 0 Å². The van der Waals surface area contributed by atoms with Gasteiger partial charge >= 0.3 is 0 Å². The lowest BCUT2D eigenvalue weighted by Crippen LogP contribution is -2.48. The third-order valence-electron chi connectivity index (χ3n) is 6.12. The average molecular weight is 348 g/mol. The number of morpholine rings is 1. The predicted octanol–water partition coefficient (Wildman–Crippen LogP) is 1.51. The first kappa shape index (κ1) is 17.5. The summed E-state index contributed by atoms with van der Waals surface area (Å²) in [5.74, 6) is 1.78. The highest BCUT2D eigenvalue weighted by Gasteiger charge is 2.41. The van der Waals surface area contributed by atoms with Gasteiger partial charge in [0, 0.05) is 45.2 Å². The molecule has 1 aromatic rings. The molecule has 0 spiro atoms. The molecule has 1 aliphatic carbocycles. The summed E-state index contributed by atoms with van der Waals surface area (Å²) in [7, 11) is 2.08. The Morgan fingerprint density at radius 3 is 2.92 bits per heavy atom. The smallest absolute Gasteiger partial charge is 0.122 e. The summed E-state index contributed by atoms with van der Waals surface area (Å²) in [4.78, 5) is 9.58. The van der Waals surface area contributed by atoms with Crippen LogP contribution in [0.2, 0.25) is 0 Å². The first-order chi connectivity index (χ1) is 12.3. The monoisotopic (exact) mass is 348 g/mol. The number of aromatic nitrogens is 2. The summed E-state index contributed by atoms with van der Waals surface area (Å²) in [6.07, 6.45) is 9.34. The van der Waals surface area contributed by atoms with Crippen LogP contribution in [0.15, 0.2) is 12.4 Å². The SMILES string of the molecule is Cn1ccnc1CN1CCO[C@@H]2CC(COCCN3CCCC3)C[C@H]21. The van der Waals surface area contributed by atoms with E-state index in [1.165, 1.54) is 32.4 Å². The van der Waals surface area contributed by atoms with Crippen molar-refractivity contribution in [1.29, 1.82) is 0 Å². The number of fused-ring (bicyclic) bond motifs is 1. The normalized spacial score (nSPS) is 30.8. The number of aryl methyl sites for hydroxylation is 1. The molecule has 1 aromatic heterocycles. The van der Waals surface area contributed by atoms with Crippen LogP contribution in [-0.4, -0.2) is 77.5 Å². The fourth-order valence-corrected chi connectivity index (χ4v) is 4.64. The maximum absolute atomic E-state index is 6.07. The maximum atomic E-state index is 6.07. The molecule has 25 heavy (non-hydrogen) atoms. The summed E-state index contributed by atoms with van der Waals surface area (Å²) in [5.41, 5.74) is 0. The van der Waals surface area contributed by atoms with Gasteiger partial charge in [-0.1, -0.05) is 0 Å². The Morgan fingerprint density at radius 2 is 2.12 bits per heavy atom. The number of ether oxygens (including phenoxy) is 2. The van der Waals surface area contributed by atoms with Gasteiger partial charge in [-0.25, -0.2) is 4.98 Å². The number of likely N-dealkylation sites (tertiary alicyclic amines) is 1. The molecule has 2 saturated heterocycles. The third kappa shape index (κ3) is 4.25.